The molecule has 0 bridgehead atoms. The van der Waals surface area contributed by atoms with Crippen molar-refractivity contribution in [2.24, 2.45) is 22.6 Å². The highest BCUT2D eigenvalue weighted by Crippen LogP contribution is 2.34. The van der Waals surface area contributed by atoms with E-state index >= 15 is 0 Å². The number of nitrogens with zero attached hydrogens (tertiary/aromatic N) is 3. The number of guanidine groups is 1. The largest absolute Gasteiger partial charge is 0.370 e. The zero-order chi connectivity index (χ0) is 13.1. The summed E-state index contributed by atoms with van der Waals surface area (Å²) in [5.41, 5.74) is 6.14. The third-order valence-electron chi connectivity index (χ3n) is 4.25. The molecule has 0 amide bonds. The standard InChI is InChI=1S/C14H28N4.HI/c1-11-5-4-8-18(10-11)14(15)16-9-13(17(2)3)12-6-7-12;/h11-13H,4-10H2,1-3H3,(H2,15,16);1H. The molecule has 2 aliphatic rings. The van der Waals surface area contributed by atoms with Crippen molar-refractivity contribution >= 4 is 29.9 Å². The van der Waals surface area contributed by atoms with E-state index < -0.39 is 0 Å². The van der Waals surface area contributed by atoms with Gasteiger partial charge in [0.2, 0.25) is 0 Å². The lowest BCUT2D eigenvalue weighted by atomic mass is 10.0. The van der Waals surface area contributed by atoms with Crippen LogP contribution in [0, 0.1) is 11.8 Å². The first-order chi connectivity index (χ1) is 8.58. The molecule has 5 heteroatoms. The Morgan fingerprint density at radius 1 is 1.37 bits per heavy atom. The van der Waals surface area contributed by atoms with Crippen LogP contribution in [0.5, 0.6) is 0 Å². The molecule has 0 aromatic heterocycles. The molecule has 2 fully saturated rings. The molecule has 1 heterocycles. The van der Waals surface area contributed by atoms with Gasteiger partial charge >= 0.3 is 0 Å². The maximum atomic E-state index is 6.14. The van der Waals surface area contributed by atoms with E-state index in [4.69, 9.17) is 5.73 Å². The van der Waals surface area contributed by atoms with Crippen LogP contribution in [-0.2, 0) is 0 Å². The molecular weight excluding hydrogens is 351 g/mol. The smallest absolute Gasteiger partial charge is 0.191 e. The average molecular weight is 380 g/mol. The number of nitrogens with two attached hydrogens (primary N) is 1. The van der Waals surface area contributed by atoms with Gasteiger partial charge in [0.15, 0.2) is 5.96 Å². The van der Waals surface area contributed by atoms with Gasteiger partial charge in [-0.25, -0.2) is 0 Å². The van der Waals surface area contributed by atoms with Crippen molar-refractivity contribution in [3.05, 3.63) is 0 Å². The fourth-order valence-corrected chi connectivity index (χ4v) is 2.90. The molecule has 1 saturated heterocycles. The molecule has 112 valence electrons. The summed E-state index contributed by atoms with van der Waals surface area (Å²) in [5, 5.41) is 0. The Balaban J connectivity index is 0.00000180. The van der Waals surface area contributed by atoms with Crippen molar-refractivity contribution in [3.8, 4) is 0 Å². The first-order valence-electron chi connectivity index (χ1n) is 7.29. The number of rotatable bonds is 4. The SMILES string of the molecule is CC1CCCN(C(N)=NCC(C2CC2)N(C)C)C1.I. The average Bonchev–Trinajstić information content (AvgIpc) is 3.13. The lowest BCUT2D eigenvalue weighted by Gasteiger charge is -2.32. The number of piperidine rings is 1. The van der Waals surface area contributed by atoms with Crippen molar-refractivity contribution < 1.29 is 0 Å². The van der Waals surface area contributed by atoms with E-state index in [1.807, 2.05) is 0 Å². The summed E-state index contributed by atoms with van der Waals surface area (Å²) < 4.78 is 0. The summed E-state index contributed by atoms with van der Waals surface area (Å²) in [6.45, 7) is 5.31. The van der Waals surface area contributed by atoms with Crippen molar-refractivity contribution in [1.82, 2.24) is 9.80 Å². The summed E-state index contributed by atoms with van der Waals surface area (Å²) >= 11 is 0. The number of hydrogen-bond acceptors (Lipinski definition) is 2. The van der Waals surface area contributed by atoms with Gasteiger partial charge in [0.25, 0.3) is 0 Å². The van der Waals surface area contributed by atoms with Crippen molar-refractivity contribution in [2.75, 3.05) is 33.7 Å². The van der Waals surface area contributed by atoms with Crippen LogP contribution in [0.2, 0.25) is 0 Å². The molecule has 2 N–H and O–H groups in total. The van der Waals surface area contributed by atoms with Gasteiger partial charge in [-0.3, -0.25) is 4.99 Å². The fourth-order valence-electron chi connectivity index (χ4n) is 2.90. The minimum absolute atomic E-state index is 0. The van der Waals surface area contributed by atoms with Crippen LogP contribution in [0.4, 0.5) is 0 Å². The monoisotopic (exact) mass is 380 g/mol. The van der Waals surface area contributed by atoms with E-state index in [0.29, 0.717) is 6.04 Å². The van der Waals surface area contributed by atoms with E-state index in [1.165, 1.54) is 25.7 Å². The van der Waals surface area contributed by atoms with Gasteiger partial charge in [-0.15, -0.1) is 24.0 Å². The van der Waals surface area contributed by atoms with Crippen molar-refractivity contribution in [1.29, 1.82) is 0 Å². The lowest BCUT2D eigenvalue weighted by molar-refractivity contribution is 0.260. The highest BCUT2D eigenvalue weighted by molar-refractivity contribution is 14.0. The first kappa shape index (κ1) is 17.0. The molecule has 4 nitrogen and oxygen atoms in total. The van der Waals surface area contributed by atoms with E-state index in [-0.39, 0.29) is 24.0 Å². The van der Waals surface area contributed by atoms with Gasteiger partial charge in [0.05, 0.1) is 6.54 Å². The molecule has 19 heavy (non-hydrogen) atoms. The minimum atomic E-state index is 0. The van der Waals surface area contributed by atoms with Crippen LogP contribution in [0.15, 0.2) is 4.99 Å². The Bertz CT molecular complexity index is 300. The summed E-state index contributed by atoms with van der Waals surface area (Å²) in [4.78, 5) is 9.20. The zero-order valence-electron chi connectivity index (χ0n) is 12.5. The lowest BCUT2D eigenvalue weighted by Crippen LogP contribution is -2.44. The number of hydrogen-bond donors (Lipinski definition) is 1. The molecule has 1 aliphatic carbocycles. The summed E-state index contributed by atoms with van der Waals surface area (Å²) in [7, 11) is 4.30. The number of halogens is 1. The summed E-state index contributed by atoms with van der Waals surface area (Å²) in [6, 6.07) is 0.575. The molecule has 1 aliphatic heterocycles. The van der Waals surface area contributed by atoms with E-state index in [9.17, 15) is 0 Å². The van der Waals surface area contributed by atoms with E-state index in [2.05, 4.69) is 35.8 Å². The van der Waals surface area contributed by atoms with E-state index in [1.54, 1.807) is 0 Å². The van der Waals surface area contributed by atoms with Crippen molar-refractivity contribution in [3.63, 3.8) is 0 Å². The van der Waals surface area contributed by atoms with Gasteiger partial charge in [-0.05, 0) is 51.6 Å². The topological polar surface area (TPSA) is 44.9 Å². The molecular formula is C14H29IN4. The first-order valence-corrected chi connectivity index (χ1v) is 7.29. The Hall–Kier alpha value is -0.0400. The van der Waals surface area contributed by atoms with E-state index in [0.717, 1.165) is 37.4 Å². The van der Waals surface area contributed by atoms with Gasteiger partial charge in [0, 0.05) is 19.1 Å². The predicted octanol–water partition coefficient (Wildman–Crippen LogP) is 1.99. The highest BCUT2D eigenvalue weighted by atomic mass is 127. The fraction of sp³-hybridized carbons (Fsp3) is 0.929. The van der Waals surface area contributed by atoms with Crippen LogP contribution in [-0.4, -0.2) is 55.5 Å². The molecule has 0 radical (unpaired) electrons. The summed E-state index contributed by atoms with van der Waals surface area (Å²) in [6.07, 6.45) is 5.29. The molecule has 0 aromatic rings. The number of likely N-dealkylation sites (N-methyl/N-ethyl adjacent to an activating group) is 1. The second kappa shape index (κ2) is 7.67. The Morgan fingerprint density at radius 2 is 2.05 bits per heavy atom. The number of aliphatic imine (C=N–C) groups is 1. The Kier molecular flexibility index (Phi) is 6.86. The highest BCUT2D eigenvalue weighted by Gasteiger charge is 2.32. The van der Waals surface area contributed by atoms with Gasteiger partial charge < -0.3 is 15.5 Å². The minimum Gasteiger partial charge on any atom is -0.370 e. The maximum absolute atomic E-state index is 6.14. The molecule has 0 spiro atoms. The third-order valence-corrected chi connectivity index (χ3v) is 4.25. The number of likely N-dealkylation sites (tertiary alicyclic amines) is 1. The second-order valence-corrected chi connectivity index (χ2v) is 6.26. The molecule has 0 aromatic carbocycles. The molecule has 2 unspecified atom stereocenters. The second-order valence-electron chi connectivity index (χ2n) is 6.26. The van der Waals surface area contributed by atoms with Crippen molar-refractivity contribution in [2.45, 2.75) is 38.6 Å². The van der Waals surface area contributed by atoms with Crippen LogP contribution in [0.3, 0.4) is 0 Å². The predicted molar refractivity (Wildman–Crippen MR) is 92.1 cm³/mol. The molecule has 2 atom stereocenters. The molecule has 2 rings (SSSR count). The third kappa shape index (κ3) is 5.10. The maximum Gasteiger partial charge on any atom is 0.191 e. The van der Waals surface area contributed by atoms with Crippen LogP contribution in [0.1, 0.15) is 32.6 Å². The van der Waals surface area contributed by atoms with Crippen LogP contribution in [0.25, 0.3) is 0 Å². The van der Waals surface area contributed by atoms with Crippen LogP contribution >= 0.6 is 24.0 Å². The quantitative estimate of drug-likeness (QED) is 0.461. The van der Waals surface area contributed by atoms with Crippen LogP contribution < -0.4 is 5.73 Å². The Morgan fingerprint density at radius 3 is 2.58 bits per heavy atom. The normalized spacial score (nSPS) is 26.2. The van der Waals surface area contributed by atoms with Gasteiger partial charge in [-0.2, -0.15) is 0 Å². The summed E-state index contributed by atoms with van der Waals surface area (Å²) in [5.74, 6) is 2.35. The van der Waals surface area contributed by atoms with Gasteiger partial charge in [-0.1, -0.05) is 6.92 Å². The molecule has 1 saturated carbocycles. The van der Waals surface area contributed by atoms with Gasteiger partial charge in [0.1, 0.15) is 0 Å². The zero-order valence-corrected chi connectivity index (χ0v) is 14.8. The Labute approximate surface area is 134 Å².